The van der Waals surface area contributed by atoms with E-state index in [1.165, 1.54) is 4.90 Å². The Bertz CT molecular complexity index is 561. The summed E-state index contributed by atoms with van der Waals surface area (Å²) in [6, 6.07) is 6.45. The number of aliphatic hydroxyl groups is 1. The van der Waals surface area contributed by atoms with Crippen molar-refractivity contribution < 1.29 is 14.7 Å². The first-order valence-electron chi connectivity index (χ1n) is 7.59. The zero-order chi connectivity index (χ0) is 17.8. The van der Waals surface area contributed by atoms with Gasteiger partial charge in [-0.15, -0.1) is 0 Å². The van der Waals surface area contributed by atoms with Crippen molar-refractivity contribution in [3.63, 3.8) is 0 Å². The monoisotopic (exact) mass is 340 g/mol. The average Bonchev–Trinajstić information content (AvgIpc) is 2.46. The number of aliphatic hydroxyl groups excluding tert-OH is 1. The average molecular weight is 341 g/mol. The van der Waals surface area contributed by atoms with E-state index in [1.807, 2.05) is 33.8 Å². The summed E-state index contributed by atoms with van der Waals surface area (Å²) in [6.07, 6.45) is -0.672. The lowest BCUT2D eigenvalue weighted by molar-refractivity contribution is -0.137. The molecule has 0 fully saturated rings. The van der Waals surface area contributed by atoms with Crippen LogP contribution in [0.15, 0.2) is 24.3 Å². The van der Waals surface area contributed by atoms with Crippen LogP contribution in [0.5, 0.6) is 0 Å². The molecule has 1 aromatic rings. The van der Waals surface area contributed by atoms with E-state index < -0.39 is 23.6 Å². The van der Waals surface area contributed by atoms with Crippen molar-refractivity contribution in [1.29, 1.82) is 0 Å². The minimum atomic E-state index is -1.32. The number of halogens is 1. The van der Waals surface area contributed by atoms with Gasteiger partial charge in [0.15, 0.2) is 6.10 Å². The summed E-state index contributed by atoms with van der Waals surface area (Å²) in [7, 11) is 0. The number of carbonyl (C=O) groups is 2. The molecule has 2 unspecified atom stereocenters. The van der Waals surface area contributed by atoms with Gasteiger partial charge in [-0.2, -0.15) is 0 Å². The molecule has 0 saturated heterocycles. The normalized spacial score (nSPS) is 14.3. The predicted octanol–water partition coefficient (Wildman–Crippen LogP) is 2.31. The number of hydrogen-bond donors (Lipinski definition) is 2. The number of amides is 2. The molecule has 1 rings (SSSR count). The molecular formula is C17H25ClN2O3. The van der Waals surface area contributed by atoms with E-state index in [0.29, 0.717) is 11.4 Å². The molecule has 23 heavy (non-hydrogen) atoms. The summed E-state index contributed by atoms with van der Waals surface area (Å²) in [5.74, 6) is -0.532. The minimum Gasteiger partial charge on any atom is -0.381 e. The Hall–Kier alpha value is -1.59. The topological polar surface area (TPSA) is 69.6 Å². The molecule has 2 atom stereocenters. The van der Waals surface area contributed by atoms with Crippen LogP contribution < -0.4 is 5.32 Å². The third-order valence-corrected chi connectivity index (χ3v) is 4.13. The predicted molar refractivity (Wildman–Crippen MR) is 91.1 cm³/mol. The Morgan fingerprint density at radius 2 is 1.96 bits per heavy atom. The zero-order valence-electron chi connectivity index (χ0n) is 14.2. The van der Waals surface area contributed by atoms with Gasteiger partial charge in [-0.3, -0.25) is 9.59 Å². The molecule has 2 N–H and O–H groups in total. The van der Waals surface area contributed by atoms with Gasteiger partial charge in [0.2, 0.25) is 6.41 Å². The fraction of sp³-hybridized carbons (Fsp3) is 0.529. The van der Waals surface area contributed by atoms with Gasteiger partial charge in [-0.25, -0.2) is 0 Å². The van der Waals surface area contributed by atoms with Gasteiger partial charge in [0.1, 0.15) is 0 Å². The van der Waals surface area contributed by atoms with Crippen molar-refractivity contribution in [2.75, 3.05) is 0 Å². The molecule has 6 heteroatoms. The molecule has 0 spiro atoms. The van der Waals surface area contributed by atoms with Crippen molar-refractivity contribution in [3.05, 3.63) is 34.9 Å². The molecule has 0 aromatic heterocycles. The van der Waals surface area contributed by atoms with Crippen LogP contribution in [0.3, 0.4) is 0 Å². The summed E-state index contributed by atoms with van der Waals surface area (Å²) in [4.78, 5) is 24.9. The number of rotatable bonds is 7. The molecular weight excluding hydrogens is 316 g/mol. The summed E-state index contributed by atoms with van der Waals surface area (Å²) < 4.78 is 0. The first-order valence-corrected chi connectivity index (χ1v) is 7.96. The van der Waals surface area contributed by atoms with Gasteiger partial charge in [0, 0.05) is 11.1 Å². The van der Waals surface area contributed by atoms with E-state index in [2.05, 4.69) is 5.32 Å². The molecule has 0 aliphatic rings. The largest absolute Gasteiger partial charge is 0.381 e. The maximum absolute atomic E-state index is 12.4. The summed E-state index contributed by atoms with van der Waals surface area (Å²) >= 11 is 5.99. The molecule has 0 saturated carbocycles. The lowest BCUT2D eigenvalue weighted by Gasteiger charge is -2.34. The first-order chi connectivity index (χ1) is 10.6. The molecule has 0 heterocycles. The summed E-state index contributed by atoms with van der Waals surface area (Å²) in [6.45, 7) is 8.95. The van der Waals surface area contributed by atoms with Crippen LogP contribution in [0, 0.1) is 0 Å². The van der Waals surface area contributed by atoms with Crippen LogP contribution in [-0.2, 0) is 15.1 Å². The van der Waals surface area contributed by atoms with E-state index in [4.69, 9.17) is 11.6 Å². The van der Waals surface area contributed by atoms with Gasteiger partial charge in [-0.1, -0.05) is 23.7 Å². The second-order valence-corrected chi connectivity index (χ2v) is 6.89. The van der Waals surface area contributed by atoms with Crippen LogP contribution in [0.25, 0.3) is 0 Å². The van der Waals surface area contributed by atoms with Gasteiger partial charge in [0.25, 0.3) is 5.91 Å². The highest BCUT2D eigenvalue weighted by atomic mass is 35.5. The third kappa shape index (κ3) is 4.94. The molecule has 0 bridgehead atoms. The lowest BCUT2D eigenvalue weighted by atomic mass is 9.93. The Morgan fingerprint density at radius 3 is 2.43 bits per heavy atom. The molecule has 0 aliphatic heterocycles. The molecule has 2 amide bonds. The minimum absolute atomic E-state index is 0.106. The number of nitrogens with one attached hydrogen (secondary N) is 1. The Morgan fingerprint density at radius 1 is 1.35 bits per heavy atom. The van der Waals surface area contributed by atoms with Crippen LogP contribution >= 0.6 is 11.6 Å². The second-order valence-electron chi connectivity index (χ2n) is 6.46. The van der Waals surface area contributed by atoms with E-state index in [1.54, 1.807) is 25.1 Å². The van der Waals surface area contributed by atoms with Crippen LogP contribution in [-0.4, -0.2) is 40.5 Å². The van der Waals surface area contributed by atoms with Gasteiger partial charge < -0.3 is 15.3 Å². The van der Waals surface area contributed by atoms with Crippen LogP contribution in [0.1, 0.15) is 40.2 Å². The van der Waals surface area contributed by atoms with E-state index in [9.17, 15) is 14.7 Å². The smallest absolute Gasteiger partial charge is 0.251 e. The van der Waals surface area contributed by atoms with Crippen molar-refractivity contribution in [2.24, 2.45) is 0 Å². The van der Waals surface area contributed by atoms with E-state index in [-0.39, 0.29) is 6.04 Å². The van der Waals surface area contributed by atoms with Crippen LogP contribution in [0.4, 0.5) is 0 Å². The van der Waals surface area contributed by atoms with E-state index >= 15 is 0 Å². The zero-order valence-corrected chi connectivity index (χ0v) is 15.0. The van der Waals surface area contributed by atoms with Gasteiger partial charge in [-0.05, 0) is 52.3 Å². The highest BCUT2D eigenvalue weighted by Gasteiger charge is 2.32. The first kappa shape index (κ1) is 19.5. The molecule has 0 aliphatic carbocycles. The number of hydrogen-bond acceptors (Lipinski definition) is 3. The maximum atomic E-state index is 12.4. The number of benzene rings is 1. The molecule has 5 nitrogen and oxygen atoms in total. The van der Waals surface area contributed by atoms with Crippen molar-refractivity contribution >= 4 is 23.9 Å². The Kier molecular flexibility index (Phi) is 6.59. The highest BCUT2D eigenvalue weighted by Crippen LogP contribution is 2.23. The second kappa shape index (κ2) is 7.79. The Balaban J connectivity index is 2.87. The number of carbonyl (C=O) groups excluding carboxylic acids is 2. The van der Waals surface area contributed by atoms with Crippen molar-refractivity contribution in [2.45, 2.75) is 58.3 Å². The molecule has 128 valence electrons. The lowest BCUT2D eigenvalue weighted by Crippen LogP contribution is -2.54. The molecule has 0 radical (unpaired) electrons. The van der Waals surface area contributed by atoms with Gasteiger partial charge in [0.05, 0.1) is 11.6 Å². The summed E-state index contributed by atoms with van der Waals surface area (Å²) in [5.41, 5.74) is 0.126. The van der Waals surface area contributed by atoms with Gasteiger partial charge >= 0.3 is 0 Å². The Labute approximate surface area is 142 Å². The van der Waals surface area contributed by atoms with E-state index in [0.717, 1.165) is 5.56 Å². The highest BCUT2D eigenvalue weighted by molar-refractivity contribution is 6.30. The SMILES string of the molecule is CC(C)N(C=O)C(C)C(O)C(=O)NC(C)(C)c1cccc(Cl)c1. The standard InChI is InChI=1S/C17H25ClN2O3/c1-11(2)20(10-21)12(3)15(22)16(23)19-17(4,5)13-7-6-8-14(18)9-13/h6-12,15,22H,1-5H3,(H,19,23). The quantitative estimate of drug-likeness (QED) is 0.748. The maximum Gasteiger partial charge on any atom is 0.251 e. The van der Waals surface area contributed by atoms with Crippen molar-refractivity contribution in [1.82, 2.24) is 10.2 Å². The fourth-order valence-corrected chi connectivity index (χ4v) is 2.59. The third-order valence-electron chi connectivity index (χ3n) is 3.90. The van der Waals surface area contributed by atoms with Crippen molar-refractivity contribution in [3.8, 4) is 0 Å². The number of nitrogens with zero attached hydrogens (tertiary/aromatic N) is 1. The molecule has 1 aromatic carbocycles. The van der Waals surface area contributed by atoms with Crippen LogP contribution in [0.2, 0.25) is 5.02 Å². The summed E-state index contributed by atoms with van der Waals surface area (Å²) in [5, 5.41) is 13.6. The fourth-order valence-electron chi connectivity index (χ4n) is 2.40.